The zero-order valence-electron chi connectivity index (χ0n) is 22.9. The van der Waals surface area contributed by atoms with Crippen LogP contribution in [0.4, 0.5) is 13.2 Å². The number of allylic oxidation sites excluding steroid dienone is 1. The molecule has 43 heavy (non-hydrogen) atoms. The molecule has 3 aromatic carbocycles. The summed E-state index contributed by atoms with van der Waals surface area (Å²) in [4.78, 5) is 31.1. The third-order valence-electron chi connectivity index (χ3n) is 6.63. The van der Waals surface area contributed by atoms with Crippen LogP contribution in [0, 0.1) is 0 Å². The lowest BCUT2D eigenvalue weighted by atomic mass is 9.90. The molecule has 0 amide bonds. The normalized spacial score (nSPS) is 15.2. The molecule has 0 aliphatic carbocycles. The SMILES string of the molecule is C=CCOc1ccc(Br)cc1/C=c1\sc2n(c1=O)[C@H](c1c(OC)ccc3ccccc13)C(C(=O)OCC)=C(C(F)(F)F)N=2. The largest absolute Gasteiger partial charge is 0.496 e. The van der Waals surface area contributed by atoms with E-state index in [1.54, 1.807) is 60.7 Å². The molecule has 222 valence electrons. The number of ether oxygens (including phenoxy) is 3. The first-order valence-electron chi connectivity index (χ1n) is 13.0. The van der Waals surface area contributed by atoms with E-state index in [1.807, 2.05) is 0 Å². The summed E-state index contributed by atoms with van der Waals surface area (Å²) in [6.07, 6.45) is -1.96. The molecular weight excluding hydrogens is 649 g/mol. The quantitative estimate of drug-likeness (QED) is 0.174. The van der Waals surface area contributed by atoms with Gasteiger partial charge < -0.3 is 14.2 Å². The average molecular weight is 674 g/mol. The summed E-state index contributed by atoms with van der Waals surface area (Å²) in [7, 11) is 1.37. The second-order valence-electron chi connectivity index (χ2n) is 9.25. The summed E-state index contributed by atoms with van der Waals surface area (Å²) >= 11 is 4.18. The van der Waals surface area contributed by atoms with Gasteiger partial charge in [-0.1, -0.05) is 70.3 Å². The fraction of sp³-hybridized carbons (Fsp3) is 0.194. The Bertz CT molecular complexity index is 1960. The van der Waals surface area contributed by atoms with Crippen LogP contribution in [0.5, 0.6) is 11.5 Å². The Morgan fingerprint density at radius 1 is 1.16 bits per heavy atom. The van der Waals surface area contributed by atoms with Crippen LogP contribution < -0.4 is 24.4 Å². The van der Waals surface area contributed by atoms with E-state index in [1.165, 1.54) is 20.1 Å². The van der Waals surface area contributed by atoms with E-state index in [-0.39, 0.29) is 33.9 Å². The number of hydrogen-bond acceptors (Lipinski definition) is 7. The highest BCUT2D eigenvalue weighted by Gasteiger charge is 2.46. The monoisotopic (exact) mass is 672 g/mol. The van der Waals surface area contributed by atoms with Crippen molar-refractivity contribution in [3.63, 3.8) is 0 Å². The topological polar surface area (TPSA) is 79.1 Å². The van der Waals surface area contributed by atoms with Crippen molar-refractivity contribution < 1.29 is 32.2 Å². The Morgan fingerprint density at radius 2 is 1.91 bits per heavy atom. The predicted molar refractivity (Wildman–Crippen MR) is 161 cm³/mol. The molecule has 0 saturated heterocycles. The molecule has 1 aliphatic heterocycles. The number of alkyl halides is 3. The zero-order chi connectivity index (χ0) is 30.9. The van der Waals surface area contributed by atoms with Gasteiger partial charge in [0.15, 0.2) is 10.5 Å². The number of rotatable bonds is 8. The van der Waals surface area contributed by atoms with E-state index in [2.05, 4.69) is 27.5 Å². The number of benzene rings is 3. The van der Waals surface area contributed by atoms with E-state index >= 15 is 0 Å². The molecule has 0 fully saturated rings. The maximum absolute atomic E-state index is 14.6. The minimum absolute atomic E-state index is 0.0798. The van der Waals surface area contributed by atoms with Crippen LogP contribution in [0.2, 0.25) is 0 Å². The number of fused-ring (bicyclic) bond motifs is 2. The number of halogens is 4. The molecule has 2 heterocycles. The lowest BCUT2D eigenvalue weighted by Gasteiger charge is -2.28. The van der Waals surface area contributed by atoms with Gasteiger partial charge in [0.1, 0.15) is 24.1 Å². The van der Waals surface area contributed by atoms with Crippen molar-refractivity contribution in [1.82, 2.24) is 4.57 Å². The van der Waals surface area contributed by atoms with Crippen molar-refractivity contribution in [3.05, 3.63) is 114 Å². The number of aromatic nitrogens is 1. The maximum atomic E-state index is 14.6. The molecule has 5 rings (SSSR count). The summed E-state index contributed by atoms with van der Waals surface area (Å²) < 4.78 is 62.2. The number of methoxy groups -OCH3 is 1. The molecule has 0 saturated carbocycles. The third-order valence-corrected chi connectivity index (χ3v) is 8.11. The van der Waals surface area contributed by atoms with Gasteiger partial charge in [0.25, 0.3) is 5.56 Å². The summed E-state index contributed by atoms with van der Waals surface area (Å²) in [5.74, 6) is -0.611. The van der Waals surface area contributed by atoms with Gasteiger partial charge in [-0.25, -0.2) is 9.79 Å². The number of carbonyl (C=O) groups is 1. The summed E-state index contributed by atoms with van der Waals surface area (Å²) in [5, 5.41) is 1.17. The number of nitrogens with zero attached hydrogens (tertiary/aromatic N) is 2. The van der Waals surface area contributed by atoms with Crippen LogP contribution in [-0.4, -0.2) is 37.0 Å². The maximum Gasteiger partial charge on any atom is 0.434 e. The minimum atomic E-state index is -5.04. The lowest BCUT2D eigenvalue weighted by Crippen LogP contribution is -2.41. The van der Waals surface area contributed by atoms with Gasteiger partial charge in [0, 0.05) is 15.6 Å². The second kappa shape index (κ2) is 12.2. The van der Waals surface area contributed by atoms with Crippen molar-refractivity contribution in [2.24, 2.45) is 4.99 Å². The second-order valence-corrected chi connectivity index (χ2v) is 11.2. The predicted octanol–water partition coefficient (Wildman–Crippen LogP) is 5.83. The fourth-order valence-corrected chi connectivity index (χ4v) is 6.27. The zero-order valence-corrected chi connectivity index (χ0v) is 25.3. The van der Waals surface area contributed by atoms with Crippen molar-refractivity contribution in [3.8, 4) is 11.5 Å². The number of esters is 1. The van der Waals surface area contributed by atoms with Gasteiger partial charge in [0.2, 0.25) is 0 Å². The molecule has 1 aliphatic rings. The van der Waals surface area contributed by atoms with Crippen LogP contribution in [0.15, 0.2) is 92.8 Å². The van der Waals surface area contributed by atoms with Crippen molar-refractivity contribution in [2.75, 3.05) is 20.3 Å². The van der Waals surface area contributed by atoms with Gasteiger partial charge in [-0.2, -0.15) is 13.2 Å². The molecule has 0 bridgehead atoms. The van der Waals surface area contributed by atoms with Crippen LogP contribution in [0.25, 0.3) is 16.8 Å². The highest BCUT2D eigenvalue weighted by molar-refractivity contribution is 9.10. The average Bonchev–Trinajstić information content (AvgIpc) is 3.29. The Balaban J connectivity index is 1.90. The summed E-state index contributed by atoms with van der Waals surface area (Å²) in [5.41, 5.74) is -2.19. The molecule has 12 heteroatoms. The molecule has 7 nitrogen and oxygen atoms in total. The Hall–Kier alpha value is -4.16. The van der Waals surface area contributed by atoms with E-state index in [9.17, 15) is 22.8 Å². The number of hydrogen-bond donors (Lipinski definition) is 0. The molecule has 0 spiro atoms. The molecule has 0 radical (unpaired) electrons. The van der Waals surface area contributed by atoms with Gasteiger partial charge in [-0.15, -0.1) is 0 Å². The van der Waals surface area contributed by atoms with Gasteiger partial charge in [-0.3, -0.25) is 9.36 Å². The smallest absolute Gasteiger partial charge is 0.434 e. The van der Waals surface area contributed by atoms with E-state index in [4.69, 9.17) is 14.2 Å². The fourth-order valence-electron chi connectivity index (χ4n) is 4.90. The highest BCUT2D eigenvalue weighted by atomic mass is 79.9. The molecule has 4 aromatic rings. The molecule has 1 aromatic heterocycles. The van der Waals surface area contributed by atoms with E-state index < -0.39 is 35.0 Å². The van der Waals surface area contributed by atoms with Crippen molar-refractivity contribution in [2.45, 2.75) is 19.1 Å². The Kier molecular flexibility index (Phi) is 8.61. The highest BCUT2D eigenvalue weighted by Crippen LogP contribution is 2.43. The minimum Gasteiger partial charge on any atom is -0.496 e. The third kappa shape index (κ3) is 5.76. The van der Waals surface area contributed by atoms with Gasteiger partial charge >= 0.3 is 12.1 Å². The van der Waals surface area contributed by atoms with Crippen LogP contribution in [-0.2, 0) is 9.53 Å². The van der Waals surface area contributed by atoms with Crippen LogP contribution in [0.3, 0.4) is 0 Å². The molecule has 1 atom stereocenters. The van der Waals surface area contributed by atoms with E-state index in [0.717, 1.165) is 15.9 Å². The van der Waals surface area contributed by atoms with Crippen molar-refractivity contribution >= 4 is 50.1 Å². The van der Waals surface area contributed by atoms with E-state index in [0.29, 0.717) is 26.6 Å². The Morgan fingerprint density at radius 3 is 2.60 bits per heavy atom. The summed E-state index contributed by atoms with van der Waals surface area (Å²) in [6, 6.07) is 13.9. The van der Waals surface area contributed by atoms with Gasteiger partial charge in [0.05, 0.1) is 23.8 Å². The number of carbonyl (C=O) groups excluding carboxylic acids is 1. The van der Waals surface area contributed by atoms with Crippen LogP contribution >= 0.6 is 27.3 Å². The van der Waals surface area contributed by atoms with Crippen LogP contribution in [0.1, 0.15) is 24.1 Å². The first-order chi connectivity index (χ1) is 20.6. The van der Waals surface area contributed by atoms with Crippen molar-refractivity contribution in [1.29, 1.82) is 0 Å². The lowest BCUT2D eigenvalue weighted by molar-refractivity contribution is -0.140. The molecular formula is C31H24BrF3N2O5S. The molecule has 0 unspecified atom stereocenters. The first kappa shape index (κ1) is 30.3. The Labute approximate surface area is 256 Å². The molecule has 0 N–H and O–H groups in total. The number of thiazole rings is 1. The van der Waals surface area contributed by atoms with Gasteiger partial charge in [-0.05, 0) is 48.0 Å². The summed E-state index contributed by atoms with van der Waals surface area (Å²) in [6.45, 7) is 5.14. The standard InChI is InChI=1S/C31H24BrF3N2O5S/c1-4-14-42-21-13-11-19(32)15-18(21)16-23-28(38)37-26(24-20-9-7-6-8-17(20)10-12-22(24)40-3)25(29(39)41-5-2)27(31(33,34)35)36-30(37)43-23/h4,6-13,15-16,26H,1,5,14H2,2-3H3/b23-16-/t26-/m1/s1. The first-order valence-corrected chi connectivity index (χ1v) is 14.6.